The number of para-hydroxylation sites is 1. The number of rotatable bonds is 4. The number of carbonyl (C=O) groups excluding carboxylic acids is 1. The molecule has 0 spiro atoms. The lowest BCUT2D eigenvalue weighted by Gasteiger charge is -2.04. The van der Waals surface area contributed by atoms with E-state index in [-0.39, 0.29) is 5.91 Å². The van der Waals surface area contributed by atoms with E-state index in [9.17, 15) is 4.79 Å². The number of pyridine rings is 1. The van der Waals surface area contributed by atoms with Crippen LogP contribution < -0.4 is 5.32 Å². The van der Waals surface area contributed by atoms with Gasteiger partial charge in [-0.2, -0.15) is 5.10 Å². The number of nitrogens with one attached hydrogen (secondary N) is 1. The van der Waals surface area contributed by atoms with Crippen molar-refractivity contribution in [2.24, 2.45) is 0 Å². The molecule has 0 bridgehead atoms. The molecular formula is C17H16N4O. The van der Waals surface area contributed by atoms with Crippen LogP contribution in [0.25, 0.3) is 5.69 Å². The first-order valence-electron chi connectivity index (χ1n) is 7.03. The number of benzene rings is 1. The van der Waals surface area contributed by atoms with Gasteiger partial charge < -0.3 is 5.32 Å². The molecule has 0 aliphatic rings. The molecule has 0 unspecified atom stereocenters. The molecule has 5 heteroatoms. The standard InChI is InChI=1S/C17H16N4O/c1-13-6-5-7-15(20-13)11-18-17(22)14-10-19-21(12-14)16-8-3-2-4-9-16/h2-10,12H,11H2,1H3,(H,18,22). The lowest BCUT2D eigenvalue weighted by atomic mass is 10.3. The summed E-state index contributed by atoms with van der Waals surface area (Å²) in [7, 11) is 0. The minimum absolute atomic E-state index is 0.162. The third kappa shape index (κ3) is 3.20. The molecule has 110 valence electrons. The summed E-state index contributed by atoms with van der Waals surface area (Å²) in [4.78, 5) is 16.5. The van der Waals surface area contributed by atoms with Crippen LogP contribution in [0.3, 0.4) is 0 Å². The highest BCUT2D eigenvalue weighted by Gasteiger charge is 2.09. The minimum atomic E-state index is -0.162. The van der Waals surface area contributed by atoms with Crippen LogP contribution in [0.15, 0.2) is 60.9 Å². The predicted octanol–water partition coefficient (Wildman–Crippen LogP) is 2.51. The van der Waals surface area contributed by atoms with Gasteiger partial charge in [0.05, 0.1) is 29.7 Å². The zero-order valence-corrected chi connectivity index (χ0v) is 12.2. The maximum Gasteiger partial charge on any atom is 0.254 e. The van der Waals surface area contributed by atoms with Gasteiger partial charge in [0.15, 0.2) is 0 Å². The zero-order chi connectivity index (χ0) is 15.4. The molecular weight excluding hydrogens is 276 g/mol. The van der Waals surface area contributed by atoms with Crippen LogP contribution in [0.2, 0.25) is 0 Å². The van der Waals surface area contributed by atoms with Crippen molar-refractivity contribution in [3.05, 3.63) is 77.9 Å². The van der Waals surface area contributed by atoms with Gasteiger partial charge in [-0.3, -0.25) is 9.78 Å². The Bertz CT molecular complexity index is 780. The largest absolute Gasteiger partial charge is 0.346 e. The zero-order valence-electron chi connectivity index (χ0n) is 12.2. The number of hydrogen-bond acceptors (Lipinski definition) is 3. The minimum Gasteiger partial charge on any atom is -0.346 e. The van der Waals surface area contributed by atoms with Gasteiger partial charge in [-0.05, 0) is 31.2 Å². The molecule has 0 aliphatic carbocycles. The lowest BCUT2D eigenvalue weighted by molar-refractivity contribution is 0.0950. The molecule has 0 radical (unpaired) electrons. The first-order chi connectivity index (χ1) is 10.7. The van der Waals surface area contributed by atoms with Gasteiger partial charge in [0, 0.05) is 11.9 Å². The number of nitrogens with zero attached hydrogens (tertiary/aromatic N) is 3. The summed E-state index contributed by atoms with van der Waals surface area (Å²) < 4.78 is 1.68. The van der Waals surface area contributed by atoms with Crippen molar-refractivity contribution in [1.29, 1.82) is 0 Å². The molecule has 22 heavy (non-hydrogen) atoms. The van der Waals surface area contributed by atoms with E-state index in [1.807, 2.05) is 55.5 Å². The molecule has 1 N–H and O–H groups in total. The second-order valence-corrected chi connectivity index (χ2v) is 4.96. The van der Waals surface area contributed by atoms with Crippen LogP contribution >= 0.6 is 0 Å². The Morgan fingerprint density at radius 3 is 2.73 bits per heavy atom. The fourth-order valence-electron chi connectivity index (χ4n) is 2.13. The fourth-order valence-corrected chi connectivity index (χ4v) is 2.13. The number of amides is 1. The summed E-state index contributed by atoms with van der Waals surface area (Å²) in [5.41, 5.74) is 3.21. The highest BCUT2D eigenvalue weighted by atomic mass is 16.1. The molecule has 0 aliphatic heterocycles. The average Bonchev–Trinajstić information content (AvgIpc) is 3.04. The molecule has 1 aromatic carbocycles. The third-order valence-corrected chi connectivity index (χ3v) is 3.24. The monoisotopic (exact) mass is 292 g/mol. The fraction of sp³-hybridized carbons (Fsp3) is 0.118. The normalized spacial score (nSPS) is 10.4. The van der Waals surface area contributed by atoms with Crippen LogP contribution in [-0.2, 0) is 6.54 Å². The van der Waals surface area contributed by atoms with Crippen LogP contribution in [0.1, 0.15) is 21.7 Å². The van der Waals surface area contributed by atoms with E-state index < -0.39 is 0 Å². The maximum absolute atomic E-state index is 12.2. The van der Waals surface area contributed by atoms with Gasteiger partial charge in [-0.1, -0.05) is 24.3 Å². The molecule has 5 nitrogen and oxygen atoms in total. The highest BCUT2D eigenvalue weighted by Crippen LogP contribution is 2.07. The van der Waals surface area contributed by atoms with Crippen LogP contribution in [0, 0.1) is 6.92 Å². The van der Waals surface area contributed by atoms with Crippen molar-refractivity contribution in [2.75, 3.05) is 0 Å². The van der Waals surface area contributed by atoms with Gasteiger partial charge >= 0.3 is 0 Å². The highest BCUT2D eigenvalue weighted by molar-refractivity contribution is 5.93. The average molecular weight is 292 g/mol. The summed E-state index contributed by atoms with van der Waals surface area (Å²) in [6.45, 7) is 2.33. The Kier molecular flexibility index (Phi) is 3.96. The third-order valence-electron chi connectivity index (χ3n) is 3.24. The van der Waals surface area contributed by atoms with Gasteiger partial charge in [-0.25, -0.2) is 4.68 Å². The quantitative estimate of drug-likeness (QED) is 0.803. The number of aromatic nitrogens is 3. The summed E-state index contributed by atoms with van der Waals surface area (Å²) in [5, 5.41) is 7.07. The lowest BCUT2D eigenvalue weighted by Crippen LogP contribution is -2.23. The second kappa shape index (κ2) is 6.22. The van der Waals surface area contributed by atoms with Crippen LogP contribution in [-0.4, -0.2) is 20.7 Å². The molecule has 0 atom stereocenters. The Hall–Kier alpha value is -2.95. The molecule has 0 saturated heterocycles. The van der Waals surface area contributed by atoms with E-state index >= 15 is 0 Å². The molecule has 2 aromatic heterocycles. The van der Waals surface area contributed by atoms with E-state index in [0.717, 1.165) is 17.1 Å². The van der Waals surface area contributed by atoms with E-state index in [2.05, 4.69) is 15.4 Å². The van der Waals surface area contributed by atoms with Crippen molar-refractivity contribution >= 4 is 5.91 Å². The SMILES string of the molecule is Cc1cccc(CNC(=O)c2cnn(-c3ccccc3)c2)n1. The van der Waals surface area contributed by atoms with Crippen molar-refractivity contribution in [3.8, 4) is 5.69 Å². The van der Waals surface area contributed by atoms with Gasteiger partial charge in [0.25, 0.3) is 5.91 Å². The Morgan fingerprint density at radius 1 is 1.14 bits per heavy atom. The topological polar surface area (TPSA) is 59.8 Å². The Morgan fingerprint density at radius 2 is 1.95 bits per heavy atom. The van der Waals surface area contributed by atoms with E-state index in [1.54, 1.807) is 17.1 Å². The van der Waals surface area contributed by atoms with Crippen molar-refractivity contribution in [1.82, 2.24) is 20.1 Å². The van der Waals surface area contributed by atoms with Gasteiger partial charge in [0.1, 0.15) is 0 Å². The molecule has 3 rings (SSSR count). The van der Waals surface area contributed by atoms with E-state index in [0.29, 0.717) is 12.1 Å². The summed E-state index contributed by atoms with van der Waals surface area (Å²) in [5.74, 6) is -0.162. The van der Waals surface area contributed by atoms with E-state index in [1.165, 1.54) is 0 Å². The van der Waals surface area contributed by atoms with Gasteiger partial charge in [0.2, 0.25) is 0 Å². The molecule has 0 fully saturated rings. The molecule has 2 heterocycles. The summed E-state index contributed by atoms with van der Waals surface area (Å²) >= 11 is 0. The van der Waals surface area contributed by atoms with Gasteiger partial charge in [-0.15, -0.1) is 0 Å². The van der Waals surface area contributed by atoms with Crippen molar-refractivity contribution in [2.45, 2.75) is 13.5 Å². The number of hydrogen-bond donors (Lipinski definition) is 1. The smallest absolute Gasteiger partial charge is 0.254 e. The number of aryl methyl sites for hydroxylation is 1. The maximum atomic E-state index is 12.2. The first-order valence-corrected chi connectivity index (χ1v) is 7.03. The van der Waals surface area contributed by atoms with Crippen LogP contribution in [0.5, 0.6) is 0 Å². The second-order valence-electron chi connectivity index (χ2n) is 4.96. The number of carbonyl (C=O) groups is 1. The van der Waals surface area contributed by atoms with Crippen molar-refractivity contribution < 1.29 is 4.79 Å². The van der Waals surface area contributed by atoms with Crippen LogP contribution in [0.4, 0.5) is 0 Å². The first kappa shape index (κ1) is 14.0. The predicted molar refractivity (Wildman–Crippen MR) is 83.7 cm³/mol. The molecule has 3 aromatic rings. The summed E-state index contributed by atoms with van der Waals surface area (Å²) in [6.07, 6.45) is 3.28. The molecule has 0 saturated carbocycles. The molecule has 1 amide bonds. The Balaban J connectivity index is 1.67. The Labute approximate surface area is 128 Å². The summed E-state index contributed by atoms with van der Waals surface area (Å²) in [6, 6.07) is 15.4. The van der Waals surface area contributed by atoms with Crippen molar-refractivity contribution in [3.63, 3.8) is 0 Å². The van der Waals surface area contributed by atoms with E-state index in [4.69, 9.17) is 0 Å².